The molecule has 14 heavy (non-hydrogen) atoms. The highest BCUT2D eigenvalue weighted by Gasteiger charge is 2.13. The van der Waals surface area contributed by atoms with Crippen LogP contribution in [0, 0.1) is 0 Å². The quantitative estimate of drug-likeness (QED) is 0.746. The van der Waals surface area contributed by atoms with Crippen LogP contribution in [0.15, 0.2) is 12.1 Å². The van der Waals surface area contributed by atoms with Crippen molar-refractivity contribution >= 4 is 5.78 Å². The molecule has 1 aromatic carbocycles. The minimum absolute atomic E-state index is 0.0708. The van der Waals surface area contributed by atoms with Crippen LogP contribution in [0.25, 0.3) is 0 Å². The molecule has 0 amide bonds. The average molecular weight is 196 g/mol. The molecule has 0 aliphatic carbocycles. The van der Waals surface area contributed by atoms with Crippen LogP contribution in [0.5, 0.6) is 17.2 Å². The van der Waals surface area contributed by atoms with Gasteiger partial charge < -0.3 is 14.6 Å². The number of methoxy groups -OCH3 is 2. The topological polar surface area (TPSA) is 55.8 Å². The van der Waals surface area contributed by atoms with Gasteiger partial charge in [0.15, 0.2) is 17.3 Å². The van der Waals surface area contributed by atoms with Gasteiger partial charge in [-0.15, -0.1) is 0 Å². The minimum Gasteiger partial charge on any atom is -0.504 e. The molecule has 1 rings (SSSR count). The van der Waals surface area contributed by atoms with Gasteiger partial charge in [0, 0.05) is 6.07 Å². The van der Waals surface area contributed by atoms with Crippen molar-refractivity contribution in [1.82, 2.24) is 0 Å². The van der Waals surface area contributed by atoms with Crippen LogP contribution >= 0.6 is 0 Å². The van der Waals surface area contributed by atoms with Crippen molar-refractivity contribution in [3.8, 4) is 17.2 Å². The zero-order valence-corrected chi connectivity index (χ0v) is 8.33. The Kier molecular flexibility index (Phi) is 2.96. The van der Waals surface area contributed by atoms with Gasteiger partial charge in [0.25, 0.3) is 0 Å². The molecule has 0 heterocycles. The van der Waals surface area contributed by atoms with Gasteiger partial charge in [0.1, 0.15) is 5.75 Å². The van der Waals surface area contributed by atoms with Crippen molar-refractivity contribution in [3.63, 3.8) is 0 Å². The van der Waals surface area contributed by atoms with Gasteiger partial charge in [-0.05, 0) is 13.0 Å². The molecule has 0 unspecified atom stereocenters. The van der Waals surface area contributed by atoms with E-state index >= 15 is 0 Å². The Bertz CT molecular complexity index is 357. The summed E-state index contributed by atoms with van der Waals surface area (Å²) in [4.78, 5) is 11.1. The Morgan fingerprint density at radius 3 is 2.21 bits per heavy atom. The number of ether oxygens (including phenoxy) is 2. The third-order valence-corrected chi connectivity index (χ3v) is 1.88. The first-order chi connectivity index (χ1) is 6.60. The van der Waals surface area contributed by atoms with Gasteiger partial charge in [0.2, 0.25) is 0 Å². The summed E-state index contributed by atoms with van der Waals surface area (Å²) in [5, 5.41) is 9.43. The molecule has 0 saturated heterocycles. The number of carbonyl (C=O) groups is 1. The van der Waals surface area contributed by atoms with E-state index < -0.39 is 0 Å². The maximum Gasteiger partial charge on any atom is 0.164 e. The molecule has 76 valence electrons. The number of benzene rings is 1. The number of hydrogen-bond acceptors (Lipinski definition) is 4. The van der Waals surface area contributed by atoms with Crippen LogP contribution in [0.4, 0.5) is 0 Å². The normalized spacial score (nSPS) is 9.64. The summed E-state index contributed by atoms with van der Waals surface area (Å²) in [5.74, 6) is 0.442. The second-order valence-electron chi connectivity index (χ2n) is 2.78. The van der Waals surface area contributed by atoms with Crippen molar-refractivity contribution in [2.45, 2.75) is 6.92 Å². The first kappa shape index (κ1) is 10.4. The van der Waals surface area contributed by atoms with Gasteiger partial charge >= 0.3 is 0 Å². The average Bonchev–Trinajstić information content (AvgIpc) is 2.17. The lowest BCUT2D eigenvalue weighted by atomic mass is 10.1. The highest BCUT2D eigenvalue weighted by Crippen LogP contribution is 2.33. The standard InChI is InChI=1S/C10H12O4/c1-6(11)7-4-8(12)10(14-3)5-9(7)13-2/h4-5,12H,1-3H3. The molecular weight excluding hydrogens is 184 g/mol. The molecule has 0 radical (unpaired) electrons. The van der Waals surface area contributed by atoms with E-state index in [1.807, 2.05) is 0 Å². The van der Waals surface area contributed by atoms with Crippen LogP contribution in [0.1, 0.15) is 17.3 Å². The minimum atomic E-state index is -0.167. The molecule has 1 N–H and O–H groups in total. The lowest BCUT2D eigenvalue weighted by Gasteiger charge is -2.09. The van der Waals surface area contributed by atoms with Crippen molar-refractivity contribution < 1.29 is 19.4 Å². The molecule has 0 bridgehead atoms. The fourth-order valence-corrected chi connectivity index (χ4v) is 1.16. The predicted octanol–water partition coefficient (Wildman–Crippen LogP) is 1.61. The fraction of sp³-hybridized carbons (Fsp3) is 0.300. The summed E-state index contributed by atoms with van der Waals surface area (Å²) in [5.41, 5.74) is 0.339. The summed E-state index contributed by atoms with van der Waals surface area (Å²) >= 11 is 0. The summed E-state index contributed by atoms with van der Waals surface area (Å²) < 4.78 is 9.87. The van der Waals surface area contributed by atoms with E-state index in [2.05, 4.69) is 0 Å². The highest BCUT2D eigenvalue weighted by atomic mass is 16.5. The van der Waals surface area contributed by atoms with Crippen LogP contribution in [-0.2, 0) is 0 Å². The van der Waals surface area contributed by atoms with Gasteiger partial charge in [-0.1, -0.05) is 0 Å². The summed E-state index contributed by atoms with van der Waals surface area (Å²) in [6.45, 7) is 1.41. The van der Waals surface area contributed by atoms with E-state index in [0.717, 1.165) is 0 Å². The number of ketones is 1. The molecule has 0 aliphatic rings. The summed E-state index contributed by atoms with van der Waals surface area (Å²) in [6, 6.07) is 2.81. The van der Waals surface area contributed by atoms with Crippen molar-refractivity contribution in [2.24, 2.45) is 0 Å². The van der Waals surface area contributed by atoms with Gasteiger partial charge in [-0.25, -0.2) is 0 Å². The Morgan fingerprint density at radius 1 is 1.21 bits per heavy atom. The van der Waals surface area contributed by atoms with E-state index in [4.69, 9.17) is 9.47 Å². The molecule has 0 aliphatic heterocycles. The lowest BCUT2D eigenvalue weighted by molar-refractivity contribution is 0.101. The first-order valence-electron chi connectivity index (χ1n) is 4.06. The number of aromatic hydroxyl groups is 1. The molecule has 0 atom stereocenters. The van der Waals surface area contributed by atoms with E-state index in [0.29, 0.717) is 11.3 Å². The van der Waals surface area contributed by atoms with Crippen LogP contribution in [-0.4, -0.2) is 25.1 Å². The molecule has 4 nitrogen and oxygen atoms in total. The number of phenolic OH excluding ortho intramolecular Hbond substituents is 1. The third kappa shape index (κ3) is 1.79. The maximum absolute atomic E-state index is 11.1. The number of phenols is 1. The highest BCUT2D eigenvalue weighted by molar-refractivity contribution is 5.97. The fourth-order valence-electron chi connectivity index (χ4n) is 1.16. The monoisotopic (exact) mass is 196 g/mol. The largest absolute Gasteiger partial charge is 0.504 e. The Morgan fingerprint density at radius 2 is 1.79 bits per heavy atom. The second kappa shape index (κ2) is 4.00. The molecule has 0 fully saturated rings. The maximum atomic E-state index is 11.1. The molecule has 0 aromatic heterocycles. The Labute approximate surface area is 82.1 Å². The SMILES string of the molecule is COc1cc(OC)c(C(C)=O)cc1O. The number of hydrogen-bond donors (Lipinski definition) is 1. The Hall–Kier alpha value is -1.71. The van der Waals surface area contributed by atoms with Crippen LogP contribution in [0.3, 0.4) is 0 Å². The van der Waals surface area contributed by atoms with Crippen LogP contribution in [0.2, 0.25) is 0 Å². The molecule has 0 spiro atoms. The van der Waals surface area contributed by atoms with E-state index in [1.54, 1.807) is 0 Å². The number of rotatable bonds is 3. The number of carbonyl (C=O) groups excluding carboxylic acids is 1. The van der Waals surface area contributed by atoms with Crippen molar-refractivity contribution in [3.05, 3.63) is 17.7 Å². The first-order valence-corrected chi connectivity index (χ1v) is 4.06. The zero-order chi connectivity index (χ0) is 10.7. The molecule has 4 heteroatoms. The van der Waals surface area contributed by atoms with Crippen molar-refractivity contribution in [2.75, 3.05) is 14.2 Å². The van der Waals surface area contributed by atoms with Gasteiger partial charge in [0.05, 0.1) is 19.8 Å². The number of Topliss-reactive ketones (excluding diaryl/α,β-unsaturated/α-hetero) is 1. The van der Waals surface area contributed by atoms with E-state index in [1.165, 1.54) is 33.3 Å². The van der Waals surface area contributed by atoms with E-state index in [-0.39, 0.29) is 17.3 Å². The molecule has 1 aromatic rings. The van der Waals surface area contributed by atoms with E-state index in [9.17, 15) is 9.90 Å². The zero-order valence-electron chi connectivity index (χ0n) is 8.33. The lowest BCUT2D eigenvalue weighted by Crippen LogP contribution is -1.98. The van der Waals surface area contributed by atoms with Gasteiger partial charge in [-0.3, -0.25) is 4.79 Å². The summed E-state index contributed by atoms with van der Waals surface area (Å²) in [7, 11) is 2.89. The molecule has 0 saturated carbocycles. The van der Waals surface area contributed by atoms with Gasteiger partial charge in [-0.2, -0.15) is 0 Å². The third-order valence-electron chi connectivity index (χ3n) is 1.88. The Balaban J connectivity index is 3.31. The van der Waals surface area contributed by atoms with Crippen LogP contribution < -0.4 is 9.47 Å². The smallest absolute Gasteiger partial charge is 0.164 e. The summed E-state index contributed by atoms with van der Waals surface area (Å²) in [6.07, 6.45) is 0. The molecular formula is C10H12O4. The predicted molar refractivity (Wildman–Crippen MR) is 51.2 cm³/mol. The van der Waals surface area contributed by atoms with Crippen molar-refractivity contribution in [1.29, 1.82) is 0 Å². The second-order valence-corrected chi connectivity index (χ2v) is 2.78.